The first-order valence-electron chi connectivity index (χ1n) is 7.74. The summed E-state index contributed by atoms with van der Waals surface area (Å²) in [5.41, 5.74) is 8.11. The van der Waals surface area contributed by atoms with Crippen molar-refractivity contribution in [3.8, 4) is 0 Å². The van der Waals surface area contributed by atoms with Gasteiger partial charge in [0, 0.05) is 44.2 Å². The Kier molecular flexibility index (Phi) is 4.08. The molecule has 1 aliphatic heterocycles. The zero-order valence-electron chi connectivity index (χ0n) is 12.9. The van der Waals surface area contributed by atoms with Gasteiger partial charge in [-0.15, -0.1) is 0 Å². The van der Waals surface area contributed by atoms with Crippen LogP contribution < -0.4 is 10.6 Å². The van der Waals surface area contributed by atoms with E-state index in [0.717, 1.165) is 44.1 Å². The Labute approximate surface area is 126 Å². The lowest BCUT2D eigenvalue weighted by atomic mass is 10.1. The molecule has 0 radical (unpaired) electrons. The fourth-order valence-corrected chi connectivity index (χ4v) is 3.06. The number of pyridine rings is 1. The number of nitrogens with zero attached hydrogens (tertiary/aromatic N) is 3. The zero-order chi connectivity index (χ0) is 14.8. The van der Waals surface area contributed by atoms with Crippen LogP contribution in [0.4, 0.5) is 5.82 Å². The molecule has 0 saturated carbocycles. The van der Waals surface area contributed by atoms with Gasteiger partial charge in [0.25, 0.3) is 0 Å². The summed E-state index contributed by atoms with van der Waals surface area (Å²) < 4.78 is 0. The molecule has 1 fully saturated rings. The monoisotopic (exact) mass is 284 g/mol. The molecule has 1 aromatic carbocycles. The topological polar surface area (TPSA) is 45.4 Å². The summed E-state index contributed by atoms with van der Waals surface area (Å²) in [6, 6.07) is 11.0. The van der Waals surface area contributed by atoms with Gasteiger partial charge in [-0.05, 0) is 31.5 Å². The van der Waals surface area contributed by atoms with Crippen molar-refractivity contribution in [2.24, 2.45) is 5.73 Å². The molecule has 112 valence electrons. The van der Waals surface area contributed by atoms with E-state index in [0.29, 0.717) is 6.04 Å². The lowest BCUT2D eigenvalue weighted by Gasteiger charge is -2.38. The largest absolute Gasteiger partial charge is 0.354 e. The number of fused-ring (bicyclic) bond motifs is 1. The zero-order valence-corrected chi connectivity index (χ0v) is 12.9. The normalized spacial score (nSPS) is 18.1. The van der Waals surface area contributed by atoms with Crippen LogP contribution in [0.15, 0.2) is 30.3 Å². The third-order valence-corrected chi connectivity index (χ3v) is 4.47. The Morgan fingerprint density at radius 3 is 2.62 bits per heavy atom. The summed E-state index contributed by atoms with van der Waals surface area (Å²) in [6.45, 7) is 9.26. The van der Waals surface area contributed by atoms with E-state index in [4.69, 9.17) is 10.7 Å². The van der Waals surface area contributed by atoms with Crippen LogP contribution in [0.3, 0.4) is 0 Å². The summed E-state index contributed by atoms with van der Waals surface area (Å²) in [7, 11) is 0. The highest BCUT2D eigenvalue weighted by atomic mass is 15.3. The van der Waals surface area contributed by atoms with Gasteiger partial charge >= 0.3 is 0 Å². The number of para-hydroxylation sites is 1. The minimum absolute atomic E-state index is 0.470. The van der Waals surface area contributed by atoms with Gasteiger partial charge in [-0.3, -0.25) is 4.90 Å². The van der Waals surface area contributed by atoms with Crippen LogP contribution in [0.5, 0.6) is 0 Å². The van der Waals surface area contributed by atoms with E-state index in [1.165, 1.54) is 10.9 Å². The summed E-state index contributed by atoms with van der Waals surface area (Å²) in [5.74, 6) is 1.13. The van der Waals surface area contributed by atoms with Crippen LogP contribution in [0.1, 0.15) is 12.5 Å². The number of rotatable bonds is 3. The minimum Gasteiger partial charge on any atom is -0.354 e. The molecule has 2 heterocycles. The van der Waals surface area contributed by atoms with E-state index in [2.05, 4.69) is 54.0 Å². The third-order valence-electron chi connectivity index (χ3n) is 4.47. The van der Waals surface area contributed by atoms with Crippen LogP contribution in [0.25, 0.3) is 10.9 Å². The van der Waals surface area contributed by atoms with Crippen molar-refractivity contribution >= 4 is 16.7 Å². The quantitative estimate of drug-likeness (QED) is 0.936. The maximum atomic E-state index is 5.77. The van der Waals surface area contributed by atoms with Gasteiger partial charge in [0.15, 0.2) is 0 Å². The van der Waals surface area contributed by atoms with E-state index in [1.54, 1.807) is 0 Å². The van der Waals surface area contributed by atoms with E-state index in [-0.39, 0.29) is 0 Å². The lowest BCUT2D eigenvalue weighted by Crippen LogP contribution is -2.51. The SMILES string of the molecule is Cc1cc2ccccc2nc1N1CCN(C(C)CN)CC1. The molecule has 1 atom stereocenters. The second-order valence-electron chi connectivity index (χ2n) is 5.93. The van der Waals surface area contributed by atoms with Gasteiger partial charge in [0.05, 0.1) is 5.52 Å². The highest BCUT2D eigenvalue weighted by Gasteiger charge is 2.22. The highest BCUT2D eigenvalue weighted by Crippen LogP contribution is 2.24. The van der Waals surface area contributed by atoms with Crippen LogP contribution in [0, 0.1) is 6.92 Å². The molecule has 1 saturated heterocycles. The van der Waals surface area contributed by atoms with Gasteiger partial charge in [-0.1, -0.05) is 18.2 Å². The molecule has 2 aromatic rings. The number of aromatic nitrogens is 1. The van der Waals surface area contributed by atoms with E-state index >= 15 is 0 Å². The predicted molar refractivity (Wildman–Crippen MR) is 88.8 cm³/mol. The van der Waals surface area contributed by atoms with Crippen molar-refractivity contribution in [2.75, 3.05) is 37.6 Å². The summed E-state index contributed by atoms with van der Waals surface area (Å²) >= 11 is 0. The maximum Gasteiger partial charge on any atom is 0.132 e. The van der Waals surface area contributed by atoms with Gasteiger partial charge in [-0.25, -0.2) is 4.98 Å². The first-order chi connectivity index (χ1) is 10.2. The Morgan fingerprint density at radius 2 is 1.90 bits per heavy atom. The van der Waals surface area contributed by atoms with Crippen molar-refractivity contribution in [2.45, 2.75) is 19.9 Å². The molecule has 0 amide bonds. The lowest BCUT2D eigenvalue weighted by molar-refractivity contribution is 0.201. The molecule has 3 rings (SSSR count). The van der Waals surface area contributed by atoms with Crippen molar-refractivity contribution in [3.05, 3.63) is 35.9 Å². The van der Waals surface area contributed by atoms with Crippen molar-refractivity contribution in [1.82, 2.24) is 9.88 Å². The number of hydrogen-bond acceptors (Lipinski definition) is 4. The van der Waals surface area contributed by atoms with Gasteiger partial charge in [0.2, 0.25) is 0 Å². The van der Waals surface area contributed by atoms with E-state index in [1.807, 2.05) is 0 Å². The van der Waals surface area contributed by atoms with Gasteiger partial charge in [0.1, 0.15) is 5.82 Å². The molecule has 1 aliphatic rings. The molecule has 0 bridgehead atoms. The smallest absolute Gasteiger partial charge is 0.132 e. The van der Waals surface area contributed by atoms with Gasteiger partial charge < -0.3 is 10.6 Å². The standard InChI is InChI=1S/C17H24N4/c1-13-11-15-5-3-4-6-16(15)19-17(13)21-9-7-20(8-10-21)14(2)12-18/h3-6,11,14H,7-10,12,18H2,1-2H3. The predicted octanol–water partition coefficient (Wildman–Crippen LogP) is 2.01. The van der Waals surface area contributed by atoms with Crippen molar-refractivity contribution < 1.29 is 0 Å². The van der Waals surface area contributed by atoms with E-state index in [9.17, 15) is 0 Å². The van der Waals surface area contributed by atoms with E-state index < -0.39 is 0 Å². The highest BCUT2D eigenvalue weighted by molar-refractivity contribution is 5.81. The van der Waals surface area contributed by atoms with Crippen molar-refractivity contribution in [3.63, 3.8) is 0 Å². The first kappa shape index (κ1) is 14.3. The number of anilines is 1. The maximum absolute atomic E-state index is 5.77. The molecule has 4 nitrogen and oxygen atoms in total. The van der Waals surface area contributed by atoms with Crippen LogP contribution in [-0.4, -0.2) is 48.6 Å². The fraction of sp³-hybridized carbons (Fsp3) is 0.471. The van der Waals surface area contributed by atoms with Crippen molar-refractivity contribution in [1.29, 1.82) is 0 Å². The molecule has 2 N–H and O–H groups in total. The summed E-state index contributed by atoms with van der Waals surface area (Å²) in [4.78, 5) is 9.74. The summed E-state index contributed by atoms with van der Waals surface area (Å²) in [6.07, 6.45) is 0. The first-order valence-corrected chi connectivity index (χ1v) is 7.74. The summed E-state index contributed by atoms with van der Waals surface area (Å²) in [5, 5.41) is 1.22. The number of aryl methyl sites for hydroxylation is 1. The van der Waals surface area contributed by atoms with Crippen LogP contribution >= 0.6 is 0 Å². The number of nitrogens with two attached hydrogens (primary N) is 1. The average Bonchev–Trinajstić information content (AvgIpc) is 2.53. The second kappa shape index (κ2) is 6.00. The number of benzene rings is 1. The molecule has 1 aromatic heterocycles. The van der Waals surface area contributed by atoms with Gasteiger partial charge in [-0.2, -0.15) is 0 Å². The molecular weight excluding hydrogens is 260 g/mol. The Balaban J connectivity index is 1.80. The molecular formula is C17H24N4. The molecule has 4 heteroatoms. The average molecular weight is 284 g/mol. The van der Waals surface area contributed by atoms with Crippen LogP contribution in [-0.2, 0) is 0 Å². The second-order valence-corrected chi connectivity index (χ2v) is 5.93. The Hall–Kier alpha value is -1.65. The number of hydrogen-bond donors (Lipinski definition) is 1. The number of piperazine rings is 1. The van der Waals surface area contributed by atoms with Crippen LogP contribution in [0.2, 0.25) is 0 Å². The third kappa shape index (κ3) is 2.87. The Bertz CT molecular complexity index is 617. The molecule has 0 aliphatic carbocycles. The Morgan fingerprint density at radius 1 is 1.19 bits per heavy atom. The minimum atomic E-state index is 0.470. The fourth-order valence-electron chi connectivity index (χ4n) is 3.06. The molecule has 1 unspecified atom stereocenters. The molecule has 0 spiro atoms. The molecule has 21 heavy (non-hydrogen) atoms.